The average Bonchev–Trinajstić information content (AvgIpc) is 3.22. The summed E-state index contributed by atoms with van der Waals surface area (Å²) in [4.78, 5) is 23.9. The van der Waals surface area contributed by atoms with Gasteiger partial charge < -0.3 is 16.0 Å². The van der Waals surface area contributed by atoms with E-state index in [1.54, 1.807) is 19.2 Å². The summed E-state index contributed by atoms with van der Waals surface area (Å²) in [6.07, 6.45) is 4.06. The van der Waals surface area contributed by atoms with E-state index in [1.165, 1.54) is 0 Å². The van der Waals surface area contributed by atoms with Gasteiger partial charge in [-0.25, -0.2) is 4.79 Å². The number of aryl methyl sites for hydroxylation is 1. The van der Waals surface area contributed by atoms with Gasteiger partial charge in [0.1, 0.15) is 0 Å². The van der Waals surface area contributed by atoms with Gasteiger partial charge in [-0.2, -0.15) is 5.10 Å². The molecule has 0 atom stereocenters. The Hall–Kier alpha value is -3.61. The quantitative estimate of drug-likeness (QED) is 0.571. The molecule has 0 spiro atoms. The van der Waals surface area contributed by atoms with Gasteiger partial charge in [-0.3, -0.25) is 9.48 Å². The molecule has 1 aromatic heterocycles. The van der Waals surface area contributed by atoms with Crippen LogP contribution in [0.5, 0.6) is 0 Å². The lowest BCUT2D eigenvalue weighted by atomic mass is 10.1. The predicted octanol–water partition coefficient (Wildman–Crippen LogP) is 3.91. The van der Waals surface area contributed by atoms with Crippen LogP contribution < -0.4 is 16.0 Å². The number of nitrogens with zero attached hydrogens (tertiary/aromatic N) is 2. The molecule has 150 valence electrons. The number of hydrogen-bond acceptors (Lipinski definition) is 3. The third kappa shape index (κ3) is 5.93. The molecule has 0 bridgehead atoms. The second kappa shape index (κ2) is 9.54. The molecule has 3 rings (SSSR count). The van der Waals surface area contributed by atoms with E-state index in [2.05, 4.69) is 21.0 Å². The van der Waals surface area contributed by atoms with E-state index in [1.807, 2.05) is 60.3 Å². The third-order valence-corrected chi connectivity index (χ3v) is 4.44. The molecule has 1 heterocycles. The highest BCUT2D eigenvalue weighted by Gasteiger charge is 2.07. The molecular weight excluding hydrogens is 366 g/mol. The fraction of sp³-hybridized carbons (Fsp3) is 0.227. The zero-order valence-corrected chi connectivity index (χ0v) is 16.6. The highest BCUT2D eigenvalue weighted by atomic mass is 16.2. The van der Waals surface area contributed by atoms with Gasteiger partial charge in [0, 0.05) is 36.7 Å². The standard InChI is InChI=1S/C22H25N5O2/c1-3-21(28)25-19-9-8-16(2)20(13-19)26-22(29)23-14-17-6-4-7-18(12-17)15-27-11-5-10-24-27/h4-13H,3,14-15H2,1-2H3,(H,25,28)(H2,23,26,29). The maximum atomic E-state index is 12.3. The van der Waals surface area contributed by atoms with Crippen molar-refractivity contribution in [1.29, 1.82) is 0 Å². The summed E-state index contributed by atoms with van der Waals surface area (Å²) in [6, 6.07) is 15.0. The number of anilines is 2. The van der Waals surface area contributed by atoms with Crippen molar-refractivity contribution in [2.45, 2.75) is 33.4 Å². The Kier molecular flexibility index (Phi) is 6.63. The van der Waals surface area contributed by atoms with Crippen molar-refractivity contribution in [3.8, 4) is 0 Å². The third-order valence-electron chi connectivity index (χ3n) is 4.44. The maximum absolute atomic E-state index is 12.3. The number of benzene rings is 2. The number of carbonyl (C=O) groups excluding carboxylic acids is 2. The first-order chi connectivity index (χ1) is 14.0. The Labute approximate surface area is 170 Å². The van der Waals surface area contributed by atoms with Crippen molar-refractivity contribution in [2.75, 3.05) is 10.6 Å². The number of carbonyl (C=O) groups is 2. The van der Waals surface area contributed by atoms with Crippen molar-refractivity contribution in [1.82, 2.24) is 15.1 Å². The molecule has 0 fully saturated rings. The predicted molar refractivity (Wildman–Crippen MR) is 114 cm³/mol. The Balaban J connectivity index is 1.57. The molecule has 3 amide bonds. The molecule has 2 aromatic carbocycles. The molecular formula is C22H25N5O2. The molecule has 29 heavy (non-hydrogen) atoms. The summed E-state index contributed by atoms with van der Waals surface area (Å²) in [5.74, 6) is -0.0701. The Morgan fingerprint density at radius 1 is 1.03 bits per heavy atom. The van der Waals surface area contributed by atoms with E-state index in [9.17, 15) is 9.59 Å². The maximum Gasteiger partial charge on any atom is 0.319 e. The van der Waals surface area contributed by atoms with E-state index >= 15 is 0 Å². The lowest BCUT2D eigenvalue weighted by Gasteiger charge is -2.13. The summed E-state index contributed by atoms with van der Waals surface area (Å²) in [7, 11) is 0. The summed E-state index contributed by atoms with van der Waals surface area (Å²) < 4.78 is 1.85. The second-order valence-electron chi connectivity index (χ2n) is 6.76. The van der Waals surface area contributed by atoms with Crippen LogP contribution >= 0.6 is 0 Å². The van der Waals surface area contributed by atoms with Crippen LogP contribution in [0.2, 0.25) is 0 Å². The fourth-order valence-corrected chi connectivity index (χ4v) is 2.85. The molecule has 0 saturated heterocycles. The topological polar surface area (TPSA) is 88.0 Å². The smallest absolute Gasteiger partial charge is 0.319 e. The molecule has 7 nitrogen and oxygen atoms in total. The van der Waals surface area contributed by atoms with Crippen LogP contribution in [0, 0.1) is 6.92 Å². The minimum atomic E-state index is -0.301. The molecule has 0 saturated carbocycles. The van der Waals surface area contributed by atoms with Crippen LogP contribution in [-0.2, 0) is 17.9 Å². The van der Waals surface area contributed by atoms with Crippen LogP contribution in [0.4, 0.5) is 16.2 Å². The number of nitrogens with one attached hydrogen (secondary N) is 3. The zero-order valence-electron chi connectivity index (χ0n) is 16.6. The highest BCUT2D eigenvalue weighted by Crippen LogP contribution is 2.20. The molecule has 0 unspecified atom stereocenters. The van der Waals surface area contributed by atoms with Crippen LogP contribution in [0.1, 0.15) is 30.0 Å². The van der Waals surface area contributed by atoms with Crippen molar-refractivity contribution in [3.63, 3.8) is 0 Å². The Bertz CT molecular complexity index is 983. The van der Waals surface area contributed by atoms with Gasteiger partial charge in [-0.15, -0.1) is 0 Å². The average molecular weight is 391 g/mol. The van der Waals surface area contributed by atoms with Gasteiger partial charge in [0.15, 0.2) is 0 Å². The summed E-state index contributed by atoms with van der Waals surface area (Å²) >= 11 is 0. The van der Waals surface area contributed by atoms with Crippen molar-refractivity contribution in [3.05, 3.63) is 77.6 Å². The first kappa shape index (κ1) is 20.1. The molecule has 0 aliphatic heterocycles. The van der Waals surface area contributed by atoms with E-state index in [0.29, 0.717) is 30.9 Å². The summed E-state index contributed by atoms with van der Waals surface area (Å²) in [5.41, 5.74) is 4.35. The number of aromatic nitrogens is 2. The van der Waals surface area contributed by atoms with Crippen LogP contribution in [0.3, 0.4) is 0 Å². The van der Waals surface area contributed by atoms with Gasteiger partial charge in [-0.05, 0) is 41.8 Å². The van der Waals surface area contributed by atoms with E-state index in [-0.39, 0.29) is 11.9 Å². The molecule has 3 N–H and O–H groups in total. The molecule has 0 aliphatic rings. The number of hydrogen-bond donors (Lipinski definition) is 3. The minimum Gasteiger partial charge on any atom is -0.334 e. The van der Waals surface area contributed by atoms with Gasteiger partial charge in [0.2, 0.25) is 5.91 Å². The first-order valence-electron chi connectivity index (χ1n) is 9.54. The number of urea groups is 1. The van der Waals surface area contributed by atoms with Gasteiger partial charge in [0.05, 0.1) is 6.54 Å². The van der Waals surface area contributed by atoms with Crippen molar-refractivity contribution < 1.29 is 9.59 Å². The number of amides is 3. The van der Waals surface area contributed by atoms with Gasteiger partial charge in [0.25, 0.3) is 0 Å². The Morgan fingerprint density at radius 3 is 2.62 bits per heavy atom. The van der Waals surface area contributed by atoms with Gasteiger partial charge in [-0.1, -0.05) is 37.3 Å². The summed E-state index contributed by atoms with van der Waals surface area (Å²) in [5, 5.41) is 12.7. The molecule has 3 aromatic rings. The van der Waals surface area contributed by atoms with Gasteiger partial charge >= 0.3 is 6.03 Å². The zero-order chi connectivity index (χ0) is 20.6. The normalized spacial score (nSPS) is 10.4. The largest absolute Gasteiger partial charge is 0.334 e. The Morgan fingerprint density at radius 2 is 1.86 bits per heavy atom. The summed E-state index contributed by atoms with van der Waals surface area (Å²) in [6.45, 7) is 4.78. The lowest BCUT2D eigenvalue weighted by molar-refractivity contribution is -0.115. The minimum absolute atomic E-state index is 0.0701. The molecule has 0 aliphatic carbocycles. The van der Waals surface area contributed by atoms with Crippen molar-refractivity contribution in [2.24, 2.45) is 0 Å². The lowest BCUT2D eigenvalue weighted by Crippen LogP contribution is -2.28. The fourth-order valence-electron chi connectivity index (χ4n) is 2.85. The highest BCUT2D eigenvalue weighted by molar-refractivity contribution is 5.94. The first-order valence-corrected chi connectivity index (χ1v) is 9.54. The van der Waals surface area contributed by atoms with E-state index < -0.39 is 0 Å². The number of rotatable bonds is 7. The monoisotopic (exact) mass is 391 g/mol. The van der Waals surface area contributed by atoms with Crippen LogP contribution in [-0.4, -0.2) is 21.7 Å². The van der Waals surface area contributed by atoms with E-state index in [4.69, 9.17) is 0 Å². The van der Waals surface area contributed by atoms with Crippen LogP contribution in [0.15, 0.2) is 60.9 Å². The van der Waals surface area contributed by atoms with E-state index in [0.717, 1.165) is 16.7 Å². The second-order valence-corrected chi connectivity index (χ2v) is 6.76. The molecule has 7 heteroatoms. The van der Waals surface area contributed by atoms with Crippen LogP contribution in [0.25, 0.3) is 0 Å². The molecule has 0 radical (unpaired) electrons. The van der Waals surface area contributed by atoms with Crippen molar-refractivity contribution >= 4 is 23.3 Å². The SMILES string of the molecule is CCC(=O)Nc1ccc(C)c(NC(=O)NCc2cccc(Cn3cccn3)c2)c1.